The third kappa shape index (κ3) is 2.83. The van der Waals surface area contributed by atoms with Gasteiger partial charge in [0.1, 0.15) is 0 Å². The number of nitrogens with two attached hydrogens (primary N) is 1. The molecule has 0 fully saturated rings. The van der Waals surface area contributed by atoms with Gasteiger partial charge in [-0.2, -0.15) is 0 Å². The highest BCUT2D eigenvalue weighted by molar-refractivity contribution is 5.52. The Hall–Kier alpha value is -1.29. The number of methoxy groups -OCH3 is 1. The van der Waals surface area contributed by atoms with E-state index in [1.807, 2.05) is 12.1 Å². The first-order chi connectivity index (χ1) is 7.20. The molecule has 1 rings (SSSR count). The van der Waals surface area contributed by atoms with E-state index in [2.05, 4.69) is 23.7 Å². The van der Waals surface area contributed by atoms with Gasteiger partial charge in [0, 0.05) is 25.3 Å². The molecule has 84 valence electrons. The van der Waals surface area contributed by atoms with Crippen LogP contribution in [0.4, 0.5) is 5.82 Å². The minimum Gasteiger partial charge on any atom is -0.493 e. The largest absolute Gasteiger partial charge is 0.493 e. The molecule has 0 spiro atoms. The van der Waals surface area contributed by atoms with Gasteiger partial charge in [0.05, 0.1) is 7.11 Å². The van der Waals surface area contributed by atoms with Gasteiger partial charge in [-0.1, -0.05) is 0 Å². The summed E-state index contributed by atoms with van der Waals surface area (Å²) < 4.78 is 5.28. The van der Waals surface area contributed by atoms with Crippen LogP contribution in [0.1, 0.15) is 13.8 Å². The molecule has 1 aromatic heterocycles. The Bertz CT molecular complexity index is 302. The molecule has 0 aromatic carbocycles. The first-order valence-corrected chi connectivity index (χ1v) is 5.16. The standard InChI is InChI=1S/C11H19N3O/c1-9(2)14(8-6-12)11-10(15-3)5-4-7-13-11/h4-5,7,9H,6,8,12H2,1-3H3. The van der Waals surface area contributed by atoms with Crippen molar-refractivity contribution in [3.05, 3.63) is 18.3 Å². The molecular formula is C11H19N3O. The van der Waals surface area contributed by atoms with Crippen LogP contribution in [0.5, 0.6) is 5.75 Å². The Morgan fingerprint density at radius 2 is 2.27 bits per heavy atom. The normalized spacial score (nSPS) is 10.5. The molecule has 0 unspecified atom stereocenters. The van der Waals surface area contributed by atoms with E-state index < -0.39 is 0 Å². The lowest BCUT2D eigenvalue weighted by molar-refractivity contribution is 0.411. The first-order valence-electron chi connectivity index (χ1n) is 5.16. The molecule has 2 N–H and O–H groups in total. The fourth-order valence-corrected chi connectivity index (χ4v) is 1.50. The van der Waals surface area contributed by atoms with E-state index in [0.717, 1.165) is 18.1 Å². The van der Waals surface area contributed by atoms with Crippen molar-refractivity contribution in [3.63, 3.8) is 0 Å². The molecule has 4 nitrogen and oxygen atoms in total. The summed E-state index contributed by atoms with van der Waals surface area (Å²) in [6.45, 7) is 5.62. The van der Waals surface area contributed by atoms with Crippen LogP contribution in [0, 0.1) is 0 Å². The molecule has 0 bridgehead atoms. The molecule has 1 heterocycles. The summed E-state index contributed by atoms with van der Waals surface area (Å²) >= 11 is 0. The van der Waals surface area contributed by atoms with Crippen molar-refractivity contribution < 1.29 is 4.74 Å². The quantitative estimate of drug-likeness (QED) is 0.793. The Morgan fingerprint density at radius 1 is 1.53 bits per heavy atom. The minimum absolute atomic E-state index is 0.359. The average Bonchev–Trinajstić information content (AvgIpc) is 2.25. The van der Waals surface area contributed by atoms with Crippen LogP contribution in [-0.4, -0.2) is 31.2 Å². The molecule has 0 aliphatic rings. The lowest BCUT2D eigenvalue weighted by Gasteiger charge is -2.28. The van der Waals surface area contributed by atoms with Crippen molar-refractivity contribution >= 4 is 5.82 Å². The summed E-state index contributed by atoms with van der Waals surface area (Å²) in [5, 5.41) is 0. The highest BCUT2D eigenvalue weighted by atomic mass is 16.5. The van der Waals surface area contributed by atoms with Gasteiger partial charge in [0.25, 0.3) is 0 Å². The van der Waals surface area contributed by atoms with Crippen molar-refractivity contribution in [2.75, 3.05) is 25.1 Å². The fourth-order valence-electron chi connectivity index (χ4n) is 1.50. The molecule has 0 atom stereocenters. The van der Waals surface area contributed by atoms with Gasteiger partial charge in [-0.15, -0.1) is 0 Å². The van der Waals surface area contributed by atoms with E-state index in [-0.39, 0.29) is 0 Å². The Balaban J connectivity index is 2.98. The molecule has 0 aliphatic carbocycles. The SMILES string of the molecule is COc1cccnc1N(CCN)C(C)C. The zero-order chi connectivity index (χ0) is 11.3. The maximum Gasteiger partial charge on any atom is 0.171 e. The van der Waals surface area contributed by atoms with Crippen molar-refractivity contribution in [1.82, 2.24) is 4.98 Å². The summed E-state index contributed by atoms with van der Waals surface area (Å²) in [6.07, 6.45) is 1.77. The van der Waals surface area contributed by atoms with Crippen LogP contribution in [0.3, 0.4) is 0 Å². The smallest absolute Gasteiger partial charge is 0.171 e. The van der Waals surface area contributed by atoms with E-state index in [0.29, 0.717) is 12.6 Å². The predicted molar refractivity (Wildman–Crippen MR) is 62.3 cm³/mol. The van der Waals surface area contributed by atoms with Crippen LogP contribution in [0.2, 0.25) is 0 Å². The Morgan fingerprint density at radius 3 is 2.80 bits per heavy atom. The van der Waals surface area contributed by atoms with Gasteiger partial charge in [0.2, 0.25) is 0 Å². The molecule has 0 saturated carbocycles. The second-order valence-electron chi connectivity index (χ2n) is 3.61. The van der Waals surface area contributed by atoms with Crippen LogP contribution in [0.25, 0.3) is 0 Å². The summed E-state index contributed by atoms with van der Waals surface area (Å²) in [4.78, 5) is 6.47. The Kier molecular flexibility index (Phi) is 4.37. The number of hydrogen-bond donors (Lipinski definition) is 1. The third-order valence-electron chi connectivity index (χ3n) is 2.24. The van der Waals surface area contributed by atoms with Crippen LogP contribution in [-0.2, 0) is 0 Å². The van der Waals surface area contributed by atoms with E-state index >= 15 is 0 Å². The van der Waals surface area contributed by atoms with Crippen LogP contribution >= 0.6 is 0 Å². The van der Waals surface area contributed by atoms with Crippen molar-refractivity contribution in [2.24, 2.45) is 5.73 Å². The van der Waals surface area contributed by atoms with Gasteiger partial charge in [-0.05, 0) is 26.0 Å². The molecule has 4 heteroatoms. The van der Waals surface area contributed by atoms with Gasteiger partial charge < -0.3 is 15.4 Å². The molecule has 0 amide bonds. The minimum atomic E-state index is 0.359. The first kappa shape index (κ1) is 11.8. The van der Waals surface area contributed by atoms with Crippen molar-refractivity contribution in [1.29, 1.82) is 0 Å². The number of aromatic nitrogens is 1. The summed E-state index contributed by atoms with van der Waals surface area (Å²) in [6, 6.07) is 4.13. The predicted octanol–water partition coefficient (Wildman–Crippen LogP) is 1.26. The average molecular weight is 209 g/mol. The summed E-state index contributed by atoms with van der Waals surface area (Å²) in [5.41, 5.74) is 5.59. The van der Waals surface area contributed by atoms with Crippen molar-refractivity contribution in [2.45, 2.75) is 19.9 Å². The van der Waals surface area contributed by atoms with Crippen LogP contribution < -0.4 is 15.4 Å². The second-order valence-corrected chi connectivity index (χ2v) is 3.61. The van der Waals surface area contributed by atoms with E-state index in [1.165, 1.54) is 0 Å². The molecular weight excluding hydrogens is 190 g/mol. The topological polar surface area (TPSA) is 51.4 Å². The lowest BCUT2D eigenvalue weighted by atomic mass is 10.3. The molecule has 15 heavy (non-hydrogen) atoms. The molecule has 1 aromatic rings. The van der Waals surface area contributed by atoms with Gasteiger partial charge in [-0.3, -0.25) is 0 Å². The molecule has 0 aliphatic heterocycles. The number of ether oxygens (including phenoxy) is 1. The number of rotatable bonds is 5. The zero-order valence-corrected chi connectivity index (χ0v) is 9.60. The monoisotopic (exact) mass is 209 g/mol. The highest BCUT2D eigenvalue weighted by Gasteiger charge is 2.14. The number of hydrogen-bond acceptors (Lipinski definition) is 4. The Labute approximate surface area is 91.1 Å². The second kappa shape index (κ2) is 5.56. The van der Waals surface area contributed by atoms with E-state index in [1.54, 1.807) is 13.3 Å². The summed E-state index contributed by atoms with van der Waals surface area (Å²) in [5.74, 6) is 1.65. The number of pyridine rings is 1. The fraction of sp³-hybridized carbons (Fsp3) is 0.545. The van der Waals surface area contributed by atoms with Gasteiger partial charge in [0.15, 0.2) is 11.6 Å². The van der Waals surface area contributed by atoms with Crippen LogP contribution in [0.15, 0.2) is 18.3 Å². The lowest BCUT2D eigenvalue weighted by Crippen LogP contribution is -2.36. The maximum atomic E-state index is 5.59. The maximum absolute atomic E-state index is 5.59. The van der Waals surface area contributed by atoms with Gasteiger partial charge in [-0.25, -0.2) is 4.98 Å². The number of nitrogens with zero attached hydrogens (tertiary/aromatic N) is 2. The molecule has 0 saturated heterocycles. The number of anilines is 1. The zero-order valence-electron chi connectivity index (χ0n) is 9.60. The third-order valence-corrected chi connectivity index (χ3v) is 2.24. The van der Waals surface area contributed by atoms with E-state index in [9.17, 15) is 0 Å². The molecule has 0 radical (unpaired) electrons. The summed E-state index contributed by atoms with van der Waals surface area (Å²) in [7, 11) is 1.65. The van der Waals surface area contributed by atoms with E-state index in [4.69, 9.17) is 10.5 Å². The highest BCUT2D eigenvalue weighted by Crippen LogP contribution is 2.25. The van der Waals surface area contributed by atoms with Crippen molar-refractivity contribution in [3.8, 4) is 5.75 Å². The van der Waals surface area contributed by atoms with Gasteiger partial charge >= 0.3 is 0 Å².